The Labute approximate surface area is 162 Å². The van der Waals surface area contributed by atoms with Gasteiger partial charge in [0, 0.05) is 25.3 Å². The van der Waals surface area contributed by atoms with Crippen LogP contribution in [0.1, 0.15) is 22.5 Å². The van der Waals surface area contributed by atoms with Crippen LogP contribution in [0.2, 0.25) is 0 Å². The Balaban J connectivity index is 2.23. The Bertz CT molecular complexity index is 860. The van der Waals surface area contributed by atoms with Crippen molar-refractivity contribution >= 4 is 39.5 Å². The molecule has 2 amide bonds. The third-order valence-electron chi connectivity index (χ3n) is 3.33. The number of amides is 2. The molecule has 142 valence electrons. The lowest BCUT2D eigenvalue weighted by molar-refractivity contribution is -0.384. The average Bonchev–Trinajstić information content (AvgIpc) is 3.08. The smallest absolute Gasteiger partial charge is 0.291 e. The second kappa shape index (κ2) is 9.64. The van der Waals surface area contributed by atoms with Gasteiger partial charge in [-0.1, -0.05) is 0 Å². The van der Waals surface area contributed by atoms with Crippen molar-refractivity contribution in [2.75, 3.05) is 13.2 Å². The lowest BCUT2D eigenvalue weighted by atomic mass is 10.1. The second-order valence-electron chi connectivity index (χ2n) is 5.30. The van der Waals surface area contributed by atoms with Gasteiger partial charge in [0.25, 0.3) is 17.5 Å². The molecule has 0 spiro atoms. The molecule has 1 aromatic carbocycles. The van der Waals surface area contributed by atoms with Crippen LogP contribution in [0.4, 0.5) is 5.69 Å². The van der Waals surface area contributed by atoms with Gasteiger partial charge in [0.15, 0.2) is 10.4 Å². The van der Waals surface area contributed by atoms with E-state index in [4.69, 9.17) is 9.52 Å². The first kappa shape index (κ1) is 20.3. The molecule has 0 radical (unpaired) electrons. The highest BCUT2D eigenvalue weighted by atomic mass is 79.9. The number of nitro benzene ring substituents is 1. The van der Waals surface area contributed by atoms with Gasteiger partial charge in [-0.3, -0.25) is 19.7 Å². The maximum Gasteiger partial charge on any atom is 0.291 e. The van der Waals surface area contributed by atoms with Crippen LogP contribution in [0.15, 0.2) is 51.2 Å². The molecule has 0 aliphatic rings. The Morgan fingerprint density at radius 3 is 2.48 bits per heavy atom. The number of non-ortho nitro benzene ring substituents is 1. The molecule has 0 aliphatic carbocycles. The Kier molecular flexibility index (Phi) is 7.26. The summed E-state index contributed by atoms with van der Waals surface area (Å²) in [5.41, 5.74) is 0.318. The zero-order valence-electron chi connectivity index (χ0n) is 14.0. The molecule has 0 unspecified atom stereocenters. The summed E-state index contributed by atoms with van der Waals surface area (Å²) in [5.74, 6) is -1.20. The van der Waals surface area contributed by atoms with Crippen LogP contribution in [0.3, 0.4) is 0 Å². The maximum absolute atomic E-state index is 12.3. The minimum atomic E-state index is -0.633. The summed E-state index contributed by atoms with van der Waals surface area (Å²) in [6.45, 7) is 0.129. The van der Waals surface area contributed by atoms with Gasteiger partial charge in [-0.25, -0.2) is 0 Å². The molecular formula is C17H16BrN3O6. The quantitative estimate of drug-likeness (QED) is 0.250. The number of carbonyl (C=O) groups excluding carboxylic acids is 2. The molecule has 10 heteroatoms. The average molecular weight is 438 g/mol. The van der Waals surface area contributed by atoms with Crippen molar-refractivity contribution in [3.05, 3.63) is 68.2 Å². The number of hydrogen-bond donors (Lipinski definition) is 3. The monoisotopic (exact) mass is 437 g/mol. The summed E-state index contributed by atoms with van der Waals surface area (Å²) in [5, 5.41) is 24.6. The van der Waals surface area contributed by atoms with Crippen LogP contribution < -0.4 is 10.6 Å². The second-order valence-corrected chi connectivity index (χ2v) is 6.08. The number of rotatable bonds is 8. The number of carbonyl (C=O) groups is 2. The lowest BCUT2D eigenvalue weighted by Gasteiger charge is -2.10. The van der Waals surface area contributed by atoms with E-state index in [-0.39, 0.29) is 30.3 Å². The highest BCUT2D eigenvalue weighted by Crippen LogP contribution is 2.16. The van der Waals surface area contributed by atoms with E-state index in [1.165, 1.54) is 42.5 Å². The first-order chi connectivity index (χ1) is 12.9. The molecule has 0 saturated carbocycles. The van der Waals surface area contributed by atoms with E-state index in [1.807, 2.05) is 0 Å². The van der Waals surface area contributed by atoms with E-state index in [0.717, 1.165) is 0 Å². The number of furan rings is 1. The summed E-state index contributed by atoms with van der Waals surface area (Å²) in [6, 6.07) is 8.46. The van der Waals surface area contributed by atoms with E-state index >= 15 is 0 Å². The van der Waals surface area contributed by atoms with Gasteiger partial charge in [-0.15, -0.1) is 0 Å². The van der Waals surface area contributed by atoms with Gasteiger partial charge in [-0.05, 0) is 58.3 Å². The number of nitrogens with zero attached hydrogens (tertiary/aromatic N) is 1. The first-order valence-electron chi connectivity index (χ1n) is 7.82. The highest BCUT2D eigenvalue weighted by Gasteiger charge is 2.17. The minimum Gasteiger partial charge on any atom is -0.444 e. The van der Waals surface area contributed by atoms with E-state index in [2.05, 4.69) is 26.6 Å². The third-order valence-corrected chi connectivity index (χ3v) is 3.75. The molecule has 0 aliphatic heterocycles. The summed E-state index contributed by atoms with van der Waals surface area (Å²) in [4.78, 5) is 34.8. The third kappa shape index (κ3) is 6.04. The van der Waals surface area contributed by atoms with Gasteiger partial charge < -0.3 is 20.2 Å². The summed E-state index contributed by atoms with van der Waals surface area (Å²) in [6.07, 6.45) is 1.74. The number of nitrogens with one attached hydrogen (secondary N) is 2. The van der Waals surface area contributed by atoms with Crippen molar-refractivity contribution in [3.8, 4) is 0 Å². The van der Waals surface area contributed by atoms with Crippen molar-refractivity contribution in [3.63, 3.8) is 0 Å². The Hall–Kier alpha value is -2.98. The van der Waals surface area contributed by atoms with Crippen molar-refractivity contribution in [2.45, 2.75) is 6.42 Å². The largest absolute Gasteiger partial charge is 0.444 e. The number of hydrogen-bond acceptors (Lipinski definition) is 6. The van der Waals surface area contributed by atoms with E-state index in [1.54, 1.807) is 0 Å². The van der Waals surface area contributed by atoms with Crippen LogP contribution in [0.25, 0.3) is 6.08 Å². The summed E-state index contributed by atoms with van der Waals surface area (Å²) in [7, 11) is 0. The number of benzene rings is 1. The van der Waals surface area contributed by atoms with Crippen LogP contribution in [0, 0.1) is 10.1 Å². The van der Waals surface area contributed by atoms with E-state index < -0.39 is 16.7 Å². The first-order valence-corrected chi connectivity index (χ1v) is 8.62. The number of nitro groups is 1. The van der Waals surface area contributed by atoms with Gasteiger partial charge in [-0.2, -0.15) is 0 Å². The predicted molar refractivity (Wildman–Crippen MR) is 99.7 cm³/mol. The molecule has 27 heavy (non-hydrogen) atoms. The van der Waals surface area contributed by atoms with Crippen LogP contribution >= 0.6 is 15.9 Å². The van der Waals surface area contributed by atoms with Crippen LogP contribution in [-0.4, -0.2) is 35.0 Å². The molecule has 2 rings (SSSR count). The van der Waals surface area contributed by atoms with E-state index in [0.29, 0.717) is 16.7 Å². The van der Waals surface area contributed by atoms with Crippen molar-refractivity contribution in [1.29, 1.82) is 0 Å². The van der Waals surface area contributed by atoms with Crippen LogP contribution in [-0.2, 0) is 4.79 Å². The number of halogens is 1. The van der Waals surface area contributed by atoms with Crippen molar-refractivity contribution in [2.24, 2.45) is 0 Å². The Morgan fingerprint density at radius 1 is 1.22 bits per heavy atom. The lowest BCUT2D eigenvalue weighted by Crippen LogP contribution is -2.35. The molecular weight excluding hydrogens is 422 g/mol. The predicted octanol–water partition coefficient (Wildman–Crippen LogP) is 2.22. The molecule has 0 fully saturated rings. The van der Waals surface area contributed by atoms with Gasteiger partial charge in [0.2, 0.25) is 0 Å². The van der Waals surface area contributed by atoms with Crippen molar-refractivity contribution < 1.29 is 24.0 Å². The maximum atomic E-state index is 12.3. The molecule has 9 nitrogen and oxygen atoms in total. The highest BCUT2D eigenvalue weighted by molar-refractivity contribution is 9.10. The van der Waals surface area contributed by atoms with E-state index in [9.17, 15) is 19.7 Å². The molecule has 1 heterocycles. The number of aliphatic hydroxyl groups excluding tert-OH is 1. The molecule has 3 N–H and O–H groups in total. The zero-order valence-corrected chi connectivity index (χ0v) is 15.6. The van der Waals surface area contributed by atoms with Gasteiger partial charge >= 0.3 is 0 Å². The fourth-order valence-electron chi connectivity index (χ4n) is 2.01. The number of aliphatic hydroxyl groups is 1. The van der Waals surface area contributed by atoms with Crippen molar-refractivity contribution in [1.82, 2.24) is 10.6 Å². The summed E-state index contributed by atoms with van der Waals surface area (Å²) >= 11 is 3.09. The fourth-order valence-corrected chi connectivity index (χ4v) is 2.32. The normalized spacial score (nSPS) is 11.1. The molecule has 1 aromatic heterocycles. The summed E-state index contributed by atoms with van der Waals surface area (Å²) < 4.78 is 5.52. The fraction of sp³-hybridized carbons (Fsp3) is 0.176. The SMILES string of the molecule is O=C(NCCCO)C(=Cc1ccc([N+](=O)[O-])cc1)NC(=O)c1ccc(Br)o1. The molecule has 0 saturated heterocycles. The molecule has 0 bridgehead atoms. The zero-order chi connectivity index (χ0) is 19.8. The van der Waals surface area contributed by atoms with Crippen LogP contribution in [0.5, 0.6) is 0 Å². The van der Waals surface area contributed by atoms with Gasteiger partial charge in [0.05, 0.1) is 4.92 Å². The van der Waals surface area contributed by atoms with Gasteiger partial charge in [0.1, 0.15) is 5.70 Å². The molecule has 2 aromatic rings. The minimum absolute atomic E-state index is 0.000340. The topological polar surface area (TPSA) is 135 Å². The standard InChI is InChI=1S/C17H16BrN3O6/c18-15-7-6-14(27-15)17(24)20-13(16(23)19-8-1-9-22)10-11-2-4-12(5-3-11)21(25)26/h2-7,10,22H,1,8-9H2,(H,19,23)(H,20,24). The Morgan fingerprint density at radius 2 is 1.93 bits per heavy atom. The molecule has 0 atom stereocenters.